The van der Waals surface area contributed by atoms with E-state index in [1.807, 2.05) is 18.2 Å². The smallest absolute Gasteiger partial charge is 0.138 e. The van der Waals surface area contributed by atoms with Gasteiger partial charge in [0.1, 0.15) is 11.8 Å². The second kappa shape index (κ2) is 4.75. The Labute approximate surface area is 113 Å². The van der Waals surface area contributed by atoms with Crippen molar-refractivity contribution in [2.24, 2.45) is 0 Å². The number of rotatable bonds is 2. The number of piperidine rings is 1. The molecule has 0 aliphatic carbocycles. The molecule has 2 aliphatic heterocycles. The molecule has 19 heavy (non-hydrogen) atoms. The SMILES string of the molecule is COc1cc(N2[C@@H]3CC[C@H]2C[C@@H](O)C3)ccc1C#N. The summed E-state index contributed by atoms with van der Waals surface area (Å²) in [6, 6.07) is 8.74. The summed E-state index contributed by atoms with van der Waals surface area (Å²) in [6.07, 6.45) is 3.82. The number of ether oxygens (including phenoxy) is 1. The molecule has 0 amide bonds. The van der Waals surface area contributed by atoms with E-state index in [1.165, 1.54) is 0 Å². The zero-order valence-corrected chi connectivity index (χ0v) is 11.0. The lowest BCUT2D eigenvalue weighted by Crippen LogP contribution is -2.44. The van der Waals surface area contributed by atoms with Crippen LogP contribution in [0.5, 0.6) is 5.75 Å². The van der Waals surface area contributed by atoms with Crippen LogP contribution >= 0.6 is 0 Å². The molecule has 1 N–H and O–H groups in total. The van der Waals surface area contributed by atoms with Gasteiger partial charge in [0.2, 0.25) is 0 Å². The van der Waals surface area contributed by atoms with E-state index in [0.29, 0.717) is 23.4 Å². The lowest BCUT2D eigenvalue weighted by atomic mass is 9.98. The van der Waals surface area contributed by atoms with Gasteiger partial charge in [-0.05, 0) is 37.8 Å². The standard InChI is InChI=1S/C15H18N2O2/c1-19-15-8-13(3-2-10(15)9-16)17-11-4-5-12(17)7-14(18)6-11/h2-3,8,11-12,14,18H,4-7H2,1H3/t11-,12+,14+. The van der Waals surface area contributed by atoms with E-state index < -0.39 is 0 Å². The number of nitrogens with zero attached hydrogens (tertiary/aromatic N) is 2. The highest BCUT2D eigenvalue weighted by Crippen LogP contribution is 2.40. The number of methoxy groups -OCH3 is 1. The molecule has 0 spiro atoms. The van der Waals surface area contributed by atoms with Gasteiger partial charge in [-0.3, -0.25) is 0 Å². The summed E-state index contributed by atoms with van der Waals surface area (Å²) in [6.45, 7) is 0. The Bertz CT molecular complexity index is 509. The molecule has 0 saturated carbocycles. The van der Waals surface area contributed by atoms with Gasteiger partial charge in [-0.15, -0.1) is 0 Å². The van der Waals surface area contributed by atoms with Crippen molar-refractivity contribution in [1.29, 1.82) is 5.26 Å². The van der Waals surface area contributed by atoms with Gasteiger partial charge in [0, 0.05) is 23.8 Å². The largest absolute Gasteiger partial charge is 0.495 e. The minimum Gasteiger partial charge on any atom is -0.495 e. The summed E-state index contributed by atoms with van der Waals surface area (Å²) in [5.74, 6) is 0.630. The van der Waals surface area contributed by atoms with E-state index >= 15 is 0 Å². The number of fused-ring (bicyclic) bond motifs is 2. The zero-order chi connectivity index (χ0) is 13.4. The molecule has 2 saturated heterocycles. The van der Waals surface area contributed by atoms with Crippen LogP contribution in [0.2, 0.25) is 0 Å². The van der Waals surface area contributed by atoms with Crippen molar-refractivity contribution >= 4 is 5.69 Å². The molecule has 0 unspecified atom stereocenters. The number of hydrogen-bond donors (Lipinski definition) is 1. The summed E-state index contributed by atoms with van der Waals surface area (Å²) < 4.78 is 5.28. The minimum absolute atomic E-state index is 0.158. The number of benzene rings is 1. The van der Waals surface area contributed by atoms with E-state index in [1.54, 1.807) is 7.11 Å². The number of nitriles is 1. The van der Waals surface area contributed by atoms with Crippen molar-refractivity contribution in [2.75, 3.05) is 12.0 Å². The van der Waals surface area contributed by atoms with Crippen LogP contribution in [0.15, 0.2) is 18.2 Å². The first-order valence-electron chi connectivity index (χ1n) is 6.77. The molecule has 0 aromatic heterocycles. The maximum Gasteiger partial charge on any atom is 0.138 e. The van der Waals surface area contributed by atoms with Gasteiger partial charge < -0.3 is 14.7 Å². The number of aliphatic hydroxyl groups excluding tert-OH is 1. The number of aliphatic hydroxyl groups is 1. The molecule has 0 radical (unpaired) electrons. The average Bonchev–Trinajstić information content (AvgIpc) is 2.70. The van der Waals surface area contributed by atoms with E-state index in [-0.39, 0.29) is 6.10 Å². The van der Waals surface area contributed by atoms with Crippen LogP contribution in [-0.4, -0.2) is 30.4 Å². The summed E-state index contributed by atoms with van der Waals surface area (Å²) in [4.78, 5) is 2.40. The number of anilines is 1. The van der Waals surface area contributed by atoms with E-state index in [9.17, 15) is 5.11 Å². The first kappa shape index (κ1) is 12.3. The Morgan fingerprint density at radius 2 is 2.00 bits per heavy atom. The Morgan fingerprint density at radius 1 is 1.32 bits per heavy atom. The molecule has 2 heterocycles. The average molecular weight is 258 g/mol. The topological polar surface area (TPSA) is 56.5 Å². The van der Waals surface area contributed by atoms with Crippen LogP contribution < -0.4 is 9.64 Å². The van der Waals surface area contributed by atoms with Gasteiger partial charge in [-0.2, -0.15) is 5.26 Å². The molecule has 4 nitrogen and oxygen atoms in total. The first-order chi connectivity index (χ1) is 9.22. The third-order valence-electron chi connectivity index (χ3n) is 4.31. The highest BCUT2D eigenvalue weighted by molar-refractivity contribution is 5.59. The van der Waals surface area contributed by atoms with Gasteiger partial charge in [0.15, 0.2) is 0 Å². The highest BCUT2D eigenvalue weighted by atomic mass is 16.5. The molecule has 1 aromatic carbocycles. The fraction of sp³-hybridized carbons (Fsp3) is 0.533. The second-order valence-electron chi connectivity index (χ2n) is 5.41. The van der Waals surface area contributed by atoms with Crippen LogP contribution in [0.3, 0.4) is 0 Å². The second-order valence-corrected chi connectivity index (χ2v) is 5.41. The van der Waals surface area contributed by atoms with E-state index in [4.69, 9.17) is 10.00 Å². The van der Waals surface area contributed by atoms with Crippen molar-refractivity contribution in [3.8, 4) is 11.8 Å². The maximum atomic E-state index is 9.84. The summed E-state index contributed by atoms with van der Waals surface area (Å²) in [5, 5.41) is 18.9. The van der Waals surface area contributed by atoms with Crippen LogP contribution in [0.4, 0.5) is 5.69 Å². The highest BCUT2D eigenvalue weighted by Gasteiger charge is 2.40. The maximum absolute atomic E-state index is 9.84. The molecule has 1 aromatic rings. The van der Waals surface area contributed by atoms with Crippen molar-refractivity contribution in [3.05, 3.63) is 23.8 Å². The van der Waals surface area contributed by atoms with Gasteiger partial charge in [-0.25, -0.2) is 0 Å². The summed E-state index contributed by atoms with van der Waals surface area (Å²) in [7, 11) is 1.59. The molecule has 2 bridgehead atoms. The Balaban J connectivity index is 1.93. The predicted molar refractivity (Wildman–Crippen MR) is 72.2 cm³/mol. The van der Waals surface area contributed by atoms with Crippen LogP contribution in [0, 0.1) is 11.3 Å². The Morgan fingerprint density at radius 3 is 2.58 bits per heavy atom. The lowest BCUT2D eigenvalue weighted by Gasteiger charge is -2.39. The van der Waals surface area contributed by atoms with E-state index in [0.717, 1.165) is 31.4 Å². The molecule has 3 rings (SSSR count). The van der Waals surface area contributed by atoms with Gasteiger partial charge in [-0.1, -0.05) is 0 Å². The fourth-order valence-corrected chi connectivity index (χ4v) is 3.50. The third kappa shape index (κ3) is 2.04. The fourth-order valence-electron chi connectivity index (χ4n) is 3.50. The first-order valence-corrected chi connectivity index (χ1v) is 6.77. The van der Waals surface area contributed by atoms with Crippen LogP contribution in [0.25, 0.3) is 0 Å². The molecule has 100 valence electrons. The van der Waals surface area contributed by atoms with Crippen LogP contribution in [-0.2, 0) is 0 Å². The van der Waals surface area contributed by atoms with Crippen molar-refractivity contribution in [1.82, 2.24) is 0 Å². The van der Waals surface area contributed by atoms with Crippen molar-refractivity contribution in [2.45, 2.75) is 43.9 Å². The van der Waals surface area contributed by atoms with Gasteiger partial charge in [0.25, 0.3) is 0 Å². The molecule has 4 heteroatoms. The molecule has 2 aliphatic rings. The number of hydrogen-bond acceptors (Lipinski definition) is 4. The molecular weight excluding hydrogens is 240 g/mol. The van der Waals surface area contributed by atoms with Crippen molar-refractivity contribution < 1.29 is 9.84 Å². The van der Waals surface area contributed by atoms with Crippen LogP contribution in [0.1, 0.15) is 31.2 Å². The lowest BCUT2D eigenvalue weighted by molar-refractivity contribution is 0.126. The minimum atomic E-state index is -0.158. The molecular formula is C15H18N2O2. The Hall–Kier alpha value is -1.73. The summed E-state index contributed by atoms with van der Waals surface area (Å²) >= 11 is 0. The molecule has 3 atom stereocenters. The Kier molecular flexibility index (Phi) is 3.08. The van der Waals surface area contributed by atoms with Gasteiger partial charge in [0.05, 0.1) is 18.8 Å². The molecule has 2 fully saturated rings. The zero-order valence-electron chi connectivity index (χ0n) is 11.0. The van der Waals surface area contributed by atoms with Gasteiger partial charge >= 0.3 is 0 Å². The normalized spacial score (nSPS) is 29.1. The van der Waals surface area contributed by atoms with Crippen molar-refractivity contribution in [3.63, 3.8) is 0 Å². The third-order valence-corrected chi connectivity index (χ3v) is 4.31. The monoisotopic (exact) mass is 258 g/mol. The summed E-state index contributed by atoms with van der Waals surface area (Å²) in [5.41, 5.74) is 1.67. The predicted octanol–water partition coefficient (Wildman–Crippen LogP) is 2.06. The van der Waals surface area contributed by atoms with E-state index in [2.05, 4.69) is 11.0 Å². The quantitative estimate of drug-likeness (QED) is 0.882.